The molecule has 0 amide bonds. The molecule has 0 radical (unpaired) electrons. The topological polar surface area (TPSA) is 12.0 Å². The third-order valence-electron chi connectivity index (χ3n) is 3.37. The normalized spacial score (nSPS) is 11.1. The predicted molar refractivity (Wildman–Crippen MR) is 96.9 cm³/mol. The van der Waals surface area contributed by atoms with E-state index in [0.29, 0.717) is 6.04 Å². The Kier molecular flexibility index (Phi) is 6.34. The number of benzene rings is 2. The van der Waals surface area contributed by atoms with E-state index < -0.39 is 0 Å². The van der Waals surface area contributed by atoms with Crippen molar-refractivity contribution in [2.75, 3.05) is 0 Å². The van der Waals surface area contributed by atoms with Crippen LogP contribution in [0.1, 0.15) is 30.5 Å². The van der Waals surface area contributed by atoms with Crippen LogP contribution in [-0.4, -0.2) is 6.04 Å². The van der Waals surface area contributed by atoms with Gasteiger partial charge in [-0.1, -0.05) is 60.1 Å². The molecule has 0 unspecified atom stereocenters. The molecule has 0 saturated heterocycles. The van der Waals surface area contributed by atoms with Gasteiger partial charge in [0.25, 0.3) is 0 Å². The van der Waals surface area contributed by atoms with Crippen molar-refractivity contribution in [1.29, 1.82) is 0 Å². The van der Waals surface area contributed by atoms with Gasteiger partial charge in [0, 0.05) is 27.7 Å². The maximum absolute atomic E-state index is 3.58. The Morgan fingerprint density at radius 2 is 1.86 bits per heavy atom. The maximum atomic E-state index is 3.58. The molecule has 1 N–H and O–H groups in total. The summed E-state index contributed by atoms with van der Waals surface area (Å²) in [5, 5.41) is 3.50. The van der Waals surface area contributed by atoms with Crippen LogP contribution in [0.3, 0.4) is 0 Å². The van der Waals surface area contributed by atoms with Crippen LogP contribution in [0, 0.1) is 6.92 Å². The summed E-state index contributed by atoms with van der Waals surface area (Å²) in [7, 11) is 0. The molecule has 112 valence electrons. The van der Waals surface area contributed by atoms with Gasteiger partial charge in [-0.05, 0) is 35.7 Å². The van der Waals surface area contributed by atoms with Crippen LogP contribution < -0.4 is 5.32 Å². The molecule has 2 aromatic rings. The number of thioether (sulfide) groups is 1. The van der Waals surface area contributed by atoms with Crippen LogP contribution in [0.25, 0.3) is 0 Å². The molecule has 0 aromatic heterocycles. The molecule has 0 aliphatic heterocycles. The summed E-state index contributed by atoms with van der Waals surface area (Å²) in [6.07, 6.45) is 0. The monoisotopic (exact) mass is 363 g/mol. The van der Waals surface area contributed by atoms with E-state index in [1.54, 1.807) is 0 Å². The van der Waals surface area contributed by atoms with Crippen LogP contribution in [0.5, 0.6) is 0 Å². The summed E-state index contributed by atoms with van der Waals surface area (Å²) in [6.45, 7) is 7.46. The molecule has 2 rings (SSSR count). The molecule has 21 heavy (non-hydrogen) atoms. The van der Waals surface area contributed by atoms with E-state index in [2.05, 4.69) is 84.5 Å². The summed E-state index contributed by atoms with van der Waals surface area (Å²) in [5.41, 5.74) is 4.14. The Hall–Kier alpha value is -0.770. The van der Waals surface area contributed by atoms with Gasteiger partial charge in [0.2, 0.25) is 0 Å². The van der Waals surface area contributed by atoms with Gasteiger partial charge in [-0.3, -0.25) is 0 Å². The molecule has 0 saturated carbocycles. The lowest BCUT2D eigenvalue weighted by Gasteiger charge is -2.13. The molecule has 0 atom stereocenters. The first-order valence-electron chi connectivity index (χ1n) is 7.25. The SMILES string of the molecule is Cc1ccccc1CSc1cc(Br)ccc1CNC(C)C. The summed E-state index contributed by atoms with van der Waals surface area (Å²) in [6, 6.07) is 15.7. The van der Waals surface area contributed by atoms with Crippen molar-refractivity contribution < 1.29 is 0 Å². The van der Waals surface area contributed by atoms with E-state index in [1.807, 2.05) is 11.8 Å². The minimum atomic E-state index is 0.503. The number of nitrogens with one attached hydrogen (secondary N) is 1. The van der Waals surface area contributed by atoms with Crippen molar-refractivity contribution in [3.05, 3.63) is 63.6 Å². The average Bonchev–Trinajstić information content (AvgIpc) is 2.45. The Balaban J connectivity index is 2.11. The fourth-order valence-electron chi connectivity index (χ4n) is 2.05. The van der Waals surface area contributed by atoms with Gasteiger partial charge >= 0.3 is 0 Å². The van der Waals surface area contributed by atoms with Crippen LogP contribution in [-0.2, 0) is 12.3 Å². The fraction of sp³-hybridized carbons (Fsp3) is 0.333. The second-order valence-corrected chi connectivity index (χ2v) is 7.44. The van der Waals surface area contributed by atoms with E-state index in [0.717, 1.165) is 16.8 Å². The average molecular weight is 364 g/mol. The highest BCUT2D eigenvalue weighted by Crippen LogP contribution is 2.30. The number of rotatable bonds is 6. The Bertz CT molecular complexity index is 596. The van der Waals surface area contributed by atoms with Gasteiger partial charge < -0.3 is 5.32 Å². The van der Waals surface area contributed by atoms with Gasteiger partial charge in [-0.25, -0.2) is 0 Å². The molecular formula is C18H22BrNS. The molecule has 1 nitrogen and oxygen atoms in total. The molecule has 0 spiro atoms. The molecule has 3 heteroatoms. The molecule has 0 aliphatic carbocycles. The molecule has 0 heterocycles. The first-order chi connectivity index (χ1) is 10.1. The Morgan fingerprint density at radius 3 is 2.57 bits per heavy atom. The van der Waals surface area contributed by atoms with E-state index >= 15 is 0 Å². The van der Waals surface area contributed by atoms with Crippen molar-refractivity contribution in [3.63, 3.8) is 0 Å². The third-order valence-corrected chi connectivity index (χ3v) is 5.01. The second kappa shape index (κ2) is 8.02. The fourth-order valence-corrected chi connectivity index (χ4v) is 3.73. The van der Waals surface area contributed by atoms with Crippen molar-refractivity contribution in [3.8, 4) is 0 Å². The van der Waals surface area contributed by atoms with Gasteiger partial charge in [-0.2, -0.15) is 0 Å². The van der Waals surface area contributed by atoms with Crippen molar-refractivity contribution in [2.45, 2.75) is 44.0 Å². The summed E-state index contributed by atoms with van der Waals surface area (Å²) >= 11 is 5.49. The van der Waals surface area contributed by atoms with Crippen molar-refractivity contribution in [1.82, 2.24) is 5.32 Å². The lowest BCUT2D eigenvalue weighted by molar-refractivity contribution is 0.584. The summed E-state index contributed by atoms with van der Waals surface area (Å²) < 4.78 is 1.14. The number of halogens is 1. The van der Waals surface area contributed by atoms with Crippen molar-refractivity contribution in [2.24, 2.45) is 0 Å². The molecule has 2 aromatic carbocycles. The molecule has 0 fully saturated rings. The standard InChI is InChI=1S/C18H22BrNS/c1-13(2)20-11-15-8-9-17(19)10-18(15)21-12-16-7-5-4-6-14(16)3/h4-10,13,20H,11-12H2,1-3H3. The quantitative estimate of drug-likeness (QED) is 0.675. The zero-order valence-electron chi connectivity index (χ0n) is 12.8. The number of hydrogen-bond donors (Lipinski definition) is 1. The first-order valence-corrected chi connectivity index (χ1v) is 9.03. The van der Waals surface area contributed by atoms with Crippen LogP contribution in [0.2, 0.25) is 0 Å². The number of hydrogen-bond acceptors (Lipinski definition) is 2. The predicted octanol–water partition coefficient (Wildman–Crippen LogP) is 5.55. The molecular weight excluding hydrogens is 342 g/mol. The summed E-state index contributed by atoms with van der Waals surface area (Å²) in [4.78, 5) is 1.35. The van der Waals surface area contributed by atoms with Gasteiger partial charge in [0.15, 0.2) is 0 Å². The van der Waals surface area contributed by atoms with Crippen molar-refractivity contribution >= 4 is 27.7 Å². The summed E-state index contributed by atoms with van der Waals surface area (Å²) in [5.74, 6) is 1.01. The molecule has 0 aliphatic rings. The van der Waals surface area contributed by atoms with E-state index in [-0.39, 0.29) is 0 Å². The Labute approximate surface area is 140 Å². The van der Waals surface area contributed by atoms with Gasteiger partial charge in [0.05, 0.1) is 0 Å². The smallest absolute Gasteiger partial charge is 0.0234 e. The highest BCUT2D eigenvalue weighted by molar-refractivity contribution is 9.10. The number of aryl methyl sites for hydroxylation is 1. The Morgan fingerprint density at radius 1 is 1.10 bits per heavy atom. The van der Waals surface area contributed by atoms with E-state index in [9.17, 15) is 0 Å². The van der Waals surface area contributed by atoms with Gasteiger partial charge in [0.1, 0.15) is 0 Å². The first kappa shape index (κ1) is 16.6. The zero-order valence-corrected chi connectivity index (χ0v) is 15.2. The lowest BCUT2D eigenvalue weighted by Crippen LogP contribution is -2.22. The second-order valence-electron chi connectivity index (χ2n) is 5.50. The van der Waals surface area contributed by atoms with Crippen LogP contribution in [0.4, 0.5) is 0 Å². The molecule has 0 bridgehead atoms. The lowest BCUT2D eigenvalue weighted by atomic mass is 10.1. The van der Waals surface area contributed by atoms with E-state index in [4.69, 9.17) is 0 Å². The van der Waals surface area contributed by atoms with E-state index in [1.165, 1.54) is 21.6 Å². The minimum Gasteiger partial charge on any atom is -0.310 e. The largest absolute Gasteiger partial charge is 0.310 e. The maximum Gasteiger partial charge on any atom is 0.0234 e. The highest BCUT2D eigenvalue weighted by atomic mass is 79.9. The third kappa shape index (κ3) is 5.17. The van der Waals surface area contributed by atoms with Crippen LogP contribution >= 0.6 is 27.7 Å². The minimum absolute atomic E-state index is 0.503. The highest BCUT2D eigenvalue weighted by Gasteiger charge is 2.06. The zero-order chi connectivity index (χ0) is 15.2. The van der Waals surface area contributed by atoms with Crippen LogP contribution in [0.15, 0.2) is 51.8 Å². The van der Waals surface area contributed by atoms with Gasteiger partial charge in [-0.15, -0.1) is 11.8 Å².